The molecule has 7 nitrogen and oxygen atoms in total. The van der Waals surface area contributed by atoms with Crippen LogP contribution in [0.5, 0.6) is 11.5 Å². The van der Waals surface area contributed by atoms with E-state index in [9.17, 15) is 9.59 Å². The molecule has 0 bridgehead atoms. The summed E-state index contributed by atoms with van der Waals surface area (Å²) >= 11 is 0. The molecule has 28 heavy (non-hydrogen) atoms. The molecule has 0 saturated heterocycles. The van der Waals surface area contributed by atoms with E-state index < -0.39 is 5.66 Å². The summed E-state index contributed by atoms with van der Waals surface area (Å²) in [6.45, 7) is 3.51. The van der Waals surface area contributed by atoms with Crippen molar-refractivity contribution in [3.8, 4) is 11.5 Å². The average Bonchev–Trinajstić information content (AvgIpc) is 2.91. The number of ether oxygens (including phenoxy) is 2. The fraction of sp³-hybridized carbons (Fsp3) is 0.286. The Balaban J connectivity index is 1.73. The standard InChI is InChI=1S/C21H23N3O4/c1-21(2)23-19(14-8-10-16(27-3)11-9-14)20(26)24(21)13-18(25)22-15-6-5-7-17(12-15)28-4/h5-12H,13H2,1-4H3,(H,22,25). The van der Waals surface area contributed by atoms with E-state index in [1.54, 1.807) is 76.6 Å². The summed E-state index contributed by atoms with van der Waals surface area (Å²) in [5.74, 6) is 0.751. The van der Waals surface area contributed by atoms with Gasteiger partial charge in [-0.2, -0.15) is 0 Å². The third-order valence-electron chi connectivity index (χ3n) is 4.51. The smallest absolute Gasteiger partial charge is 0.275 e. The van der Waals surface area contributed by atoms with Crippen LogP contribution in [0.3, 0.4) is 0 Å². The molecule has 0 atom stereocenters. The molecule has 0 spiro atoms. The molecule has 0 aromatic heterocycles. The molecule has 0 unspecified atom stereocenters. The van der Waals surface area contributed by atoms with E-state index in [0.717, 1.165) is 0 Å². The molecule has 1 N–H and O–H groups in total. The summed E-state index contributed by atoms with van der Waals surface area (Å²) in [4.78, 5) is 31.5. The summed E-state index contributed by atoms with van der Waals surface area (Å²) in [6.07, 6.45) is 0. The Morgan fingerprint density at radius 3 is 2.39 bits per heavy atom. The van der Waals surface area contributed by atoms with Gasteiger partial charge in [-0.05, 0) is 50.2 Å². The van der Waals surface area contributed by atoms with Gasteiger partial charge in [-0.25, -0.2) is 0 Å². The lowest BCUT2D eigenvalue weighted by Gasteiger charge is -2.28. The Morgan fingerprint density at radius 2 is 1.75 bits per heavy atom. The maximum atomic E-state index is 12.9. The zero-order valence-electron chi connectivity index (χ0n) is 16.4. The first kappa shape index (κ1) is 19.4. The number of benzene rings is 2. The molecular weight excluding hydrogens is 358 g/mol. The second kappa shape index (κ2) is 7.72. The quantitative estimate of drug-likeness (QED) is 0.834. The molecule has 2 amide bonds. The van der Waals surface area contributed by atoms with Crippen molar-refractivity contribution in [3.63, 3.8) is 0 Å². The first-order valence-electron chi connectivity index (χ1n) is 8.84. The van der Waals surface area contributed by atoms with Gasteiger partial charge < -0.3 is 19.7 Å². The van der Waals surface area contributed by atoms with Crippen LogP contribution >= 0.6 is 0 Å². The number of anilines is 1. The van der Waals surface area contributed by atoms with E-state index in [-0.39, 0.29) is 18.4 Å². The monoisotopic (exact) mass is 381 g/mol. The Kier molecular flexibility index (Phi) is 5.35. The van der Waals surface area contributed by atoms with E-state index in [0.29, 0.717) is 28.5 Å². The zero-order valence-corrected chi connectivity index (χ0v) is 16.4. The van der Waals surface area contributed by atoms with Crippen LogP contribution in [0.25, 0.3) is 0 Å². The molecular formula is C21H23N3O4. The van der Waals surface area contributed by atoms with E-state index in [2.05, 4.69) is 10.3 Å². The van der Waals surface area contributed by atoms with Crippen molar-refractivity contribution in [1.82, 2.24) is 4.90 Å². The predicted molar refractivity (Wildman–Crippen MR) is 107 cm³/mol. The molecule has 3 rings (SSSR count). The molecule has 7 heteroatoms. The number of hydrogen-bond donors (Lipinski definition) is 1. The topological polar surface area (TPSA) is 80.2 Å². The lowest BCUT2D eigenvalue weighted by atomic mass is 10.1. The highest BCUT2D eigenvalue weighted by Gasteiger charge is 2.41. The fourth-order valence-electron chi connectivity index (χ4n) is 3.01. The number of carbonyl (C=O) groups excluding carboxylic acids is 2. The first-order chi connectivity index (χ1) is 13.3. The van der Waals surface area contributed by atoms with Crippen molar-refractivity contribution in [2.75, 3.05) is 26.1 Å². The number of carbonyl (C=O) groups is 2. The van der Waals surface area contributed by atoms with Gasteiger partial charge in [0.1, 0.15) is 29.4 Å². The second-order valence-electron chi connectivity index (χ2n) is 6.85. The Morgan fingerprint density at radius 1 is 1.07 bits per heavy atom. The number of methoxy groups -OCH3 is 2. The Labute approximate surface area is 164 Å². The van der Waals surface area contributed by atoms with E-state index in [1.165, 1.54) is 4.90 Å². The lowest BCUT2D eigenvalue weighted by Crippen LogP contribution is -2.46. The summed E-state index contributed by atoms with van der Waals surface area (Å²) < 4.78 is 10.3. The SMILES string of the molecule is COc1ccc(C2=NC(C)(C)N(CC(=O)Nc3cccc(OC)c3)C2=O)cc1. The van der Waals surface area contributed by atoms with Crippen LogP contribution in [0.1, 0.15) is 19.4 Å². The van der Waals surface area contributed by atoms with Crippen molar-refractivity contribution in [3.05, 3.63) is 54.1 Å². The highest BCUT2D eigenvalue weighted by Crippen LogP contribution is 2.27. The molecule has 146 valence electrons. The van der Waals surface area contributed by atoms with Gasteiger partial charge in [-0.1, -0.05) is 6.07 Å². The number of rotatable bonds is 6. The van der Waals surface area contributed by atoms with Gasteiger partial charge in [0.05, 0.1) is 14.2 Å². The zero-order chi connectivity index (χ0) is 20.3. The first-order valence-corrected chi connectivity index (χ1v) is 8.84. The van der Waals surface area contributed by atoms with Crippen molar-refractivity contribution in [2.45, 2.75) is 19.5 Å². The molecule has 2 aromatic rings. The molecule has 1 heterocycles. The largest absolute Gasteiger partial charge is 0.497 e. The van der Waals surface area contributed by atoms with Crippen molar-refractivity contribution < 1.29 is 19.1 Å². The van der Waals surface area contributed by atoms with Gasteiger partial charge in [0.15, 0.2) is 0 Å². The maximum Gasteiger partial charge on any atom is 0.275 e. The molecule has 0 fully saturated rings. The molecule has 0 aliphatic carbocycles. The summed E-state index contributed by atoms with van der Waals surface area (Å²) in [5.41, 5.74) is 0.805. The minimum Gasteiger partial charge on any atom is -0.497 e. The van der Waals surface area contributed by atoms with Gasteiger partial charge >= 0.3 is 0 Å². The van der Waals surface area contributed by atoms with Crippen LogP contribution in [0.15, 0.2) is 53.5 Å². The van der Waals surface area contributed by atoms with Crippen LogP contribution in [0.2, 0.25) is 0 Å². The molecule has 2 aromatic carbocycles. The normalized spacial score (nSPS) is 15.2. The molecule has 0 radical (unpaired) electrons. The molecule has 1 aliphatic heterocycles. The molecule has 0 saturated carbocycles. The highest BCUT2D eigenvalue weighted by molar-refractivity contribution is 6.47. The summed E-state index contributed by atoms with van der Waals surface area (Å²) in [7, 11) is 3.14. The van der Waals surface area contributed by atoms with Crippen molar-refractivity contribution >= 4 is 23.2 Å². The van der Waals surface area contributed by atoms with Gasteiger partial charge in [0.25, 0.3) is 5.91 Å². The third-order valence-corrected chi connectivity index (χ3v) is 4.51. The van der Waals surface area contributed by atoms with Gasteiger partial charge in [0.2, 0.25) is 5.91 Å². The van der Waals surface area contributed by atoms with Gasteiger partial charge in [-0.15, -0.1) is 0 Å². The second-order valence-corrected chi connectivity index (χ2v) is 6.85. The van der Waals surface area contributed by atoms with E-state index in [4.69, 9.17) is 9.47 Å². The average molecular weight is 381 g/mol. The summed E-state index contributed by atoms with van der Waals surface area (Å²) in [5, 5.41) is 2.79. The van der Waals surface area contributed by atoms with Crippen LogP contribution in [-0.4, -0.2) is 48.9 Å². The lowest BCUT2D eigenvalue weighted by molar-refractivity contribution is -0.131. The highest BCUT2D eigenvalue weighted by atomic mass is 16.5. The Hall–Kier alpha value is -3.35. The number of nitrogens with one attached hydrogen (secondary N) is 1. The van der Waals surface area contributed by atoms with Gasteiger partial charge in [-0.3, -0.25) is 14.6 Å². The number of aliphatic imine (C=N–C) groups is 1. The minimum absolute atomic E-state index is 0.105. The summed E-state index contributed by atoms with van der Waals surface area (Å²) in [6, 6.07) is 14.2. The number of amides is 2. The van der Waals surface area contributed by atoms with Crippen molar-refractivity contribution in [2.24, 2.45) is 4.99 Å². The predicted octanol–water partition coefficient (Wildman–Crippen LogP) is 2.71. The van der Waals surface area contributed by atoms with E-state index >= 15 is 0 Å². The van der Waals surface area contributed by atoms with Crippen LogP contribution < -0.4 is 14.8 Å². The number of nitrogens with zero attached hydrogens (tertiary/aromatic N) is 2. The van der Waals surface area contributed by atoms with Crippen molar-refractivity contribution in [1.29, 1.82) is 0 Å². The molecule has 1 aliphatic rings. The number of hydrogen-bond acceptors (Lipinski definition) is 5. The minimum atomic E-state index is -0.821. The Bertz CT molecular complexity index is 920. The fourth-order valence-corrected chi connectivity index (χ4v) is 3.01. The van der Waals surface area contributed by atoms with Gasteiger partial charge in [0, 0.05) is 17.3 Å². The third kappa shape index (κ3) is 3.98. The maximum absolute atomic E-state index is 12.9. The van der Waals surface area contributed by atoms with Crippen LogP contribution in [0.4, 0.5) is 5.69 Å². The van der Waals surface area contributed by atoms with E-state index in [1.807, 2.05) is 0 Å². The van der Waals surface area contributed by atoms with Crippen LogP contribution in [0, 0.1) is 0 Å². The van der Waals surface area contributed by atoms with Crippen LogP contribution in [-0.2, 0) is 9.59 Å².